The van der Waals surface area contributed by atoms with Crippen molar-refractivity contribution in [1.29, 1.82) is 5.26 Å². The van der Waals surface area contributed by atoms with E-state index in [0.29, 0.717) is 60.6 Å². The number of morpholine rings is 1. The molecule has 12 heteroatoms. The van der Waals surface area contributed by atoms with E-state index in [1.165, 1.54) is 12.1 Å². The first kappa shape index (κ1) is 30.4. The van der Waals surface area contributed by atoms with Crippen LogP contribution in [0.4, 0.5) is 4.39 Å². The number of aryl methyl sites for hydroxylation is 2. The molecule has 244 valence electrons. The Balaban J connectivity index is 1.28. The van der Waals surface area contributed by atoms with Crippen LogP contribution >= 0.6 is 0 Å². The number of hydrogen-bond donors (Lipinski definition) is 0. The predicted octanol–water partition coefficient (Wildman–Crippen LogP) is 5.96. The lowest BCUT2D eigenvalue weighted by Gasteiger charge is -2.29. The Kier molecular flexibility index (Phi) is 7.73. The predicted molar refractivity (Wildman–Crippen MR) is 172 cm³/mol. The number of carbonyl (C=O) groups excluding carboxylic acids is 1. The first-order valence-electron chi connectivity index (χ1n) is 16.4. The maximum atomic E-state index is 14.5. The SMILES string of the molecule is Cc1nnc(-c2c(CCC3CCOCC3)nc3c(c2-c2ccc4c(cnn4[C@H](C)c4ccc(C#N)c(F)c4)c2)C(=O)N2CCOC[C@@H]32)o1. The number of rotatable bonds is 7. The summed E-state index contributed by atoms with van der Waals surface area (Å²) in [6.45, 7) is 6.58. The molecule has 2 atom stereocenters. The van der Waals surface area contributed by atoms with E-state index in [1.807, 2.05) is 40.8 Å². The Morgan fingerprint density at radius 1 is 1.06 bits per heavy atom. The van der Waals surface area contributed by atoms with E-state index in [-0.39, 0.29) is 23.6 Å². The molecule has 2 saturated heterocycles. The first-order chi connectivity index (χ1) is 23.4. The number of halogens is 1. The van der Waals surface area contributed by atoms with Gasteiger partial charge in [0.05, 0.1) is 65.1 Å². The maximum absolute atomic E-state index is 14.5. The molecule has 5 aromatic rings. The van der Waals surface area contributed by atoms with Crippen molar-refractivity contribution in [1.82, 2.24) is 29.9 Å². The van der Waals surface area contributed by atoms with Gasteiger partial charge in [0.2, 0.25) is 11.8 Å². The van der Waals surface area contributed by atoms with E-state index in [4.69, 9.17) is 24.1 Å². The minimum atomic E-state index is -0.560. The zero-order valence-electron chi connectivity index (χ0n) is 26.8. The van der Waals surface area contributed by atoms with Crippen LogP contribution in [0, 0.1) is 30.0 Å². The molecule has 0 spiro atoms. The molecule has 8 rings (SSSR count). The molecule has 48 heavy (non-hydrogen) atoms. The Morgan fingerprint density at radius 3 is 2.69 bits per heavy atom. The zero-order valence-corrected chi connectivity index (χ0v) is 26.8. The average Bonchev–Trinajstić information content (AvgIpc) is 3.82. The van der Waals surface area contributed by atoms with Crippen molar-refractivity contribution in [2.24, 2.45) is 5.92 Å². The molecule has 3 aliphatic heterocycles. The topological polar surface area (TPSA) is 132 Å². The number of amides is 1. The van der Waals surface area contributed by atoms with Gasteiger partial charge in [0.1, 0.15) is 11.9 Å². The van der Waals surface area contributed by atoms with Crippen molar-refractivity contribution in [3.8, 4) is 28.7 Å². The van der Waals surface area contributed by atoms with Gasteiger partial charge in [-0.1, -0.05) is 12.1 Å². The normalized spacial score (nSPS) is 18.6. The van der Waals surface area contributed by atoms with Gasteiger partial charge in [0.15, 0.2) is 0 Å². The third kappa shape index (κ3) is 5.14. The molecule has 3 aromatic heterocycles. The minimum absolute atomic E-state index is 0.00227. The van der Waals surface area contributed by atoms with Gasteiger partial charge >= 0.3 is 0 Å². The van der Waals surface area contributed by atoms with Gasteiger partial charge < -0.3 is 18.8 Å². The minimum Gasteiger partial charge on any atom is -0.421 e. The van der Waals surface area contributed by atoms with Crippen LogP contribution < -0.4 is 0 Å². The third-order valence-electron chi connectivity index (χ3n) is 9.94. The highest BCUT2D eigenvalue weighted by Crippen LogP contribution is 2.46. The van der Waals surface area contributed by atoms with E-state index in [2.05, 4.69) is 15.3 Å². The van der Waals surface area contributed by atoms with E-state index in [9.17, 15) is 9.18 Å². The van der Waals surface area contributed by atoms with Crippen molar-refractivity contribution >= 4 is 16.8 Å². The standard InChI is InChI=1S/C36H34FN7O4/c1-20(23-4-5-25(17-38)27(37)16-23)44-29-8-6-24(15-26(29)18-39-44)31-32(35-42-41-21(2)48-35)28(7-3-22-9-12-46-13-10-22)40-34-30-19-47-14-11-43(30)36(45)33(31)34/h4-6,8,15-16,18,20,22,30H,3,7,9-14,19H2,1-2H3/t20-,30+/m1/s1. The van der Waals surface area contributed by atoms with Gasteiger partial charge in [-0.05, 0) is 73.9 Å². The average molecular weight is 648 g/mol. The Bertz CT molecular complexity index is 2090. The van der Waals surface area contributed by atoms with Crippen molar-refractivity contribution in [3.05, 3.63) is 82.4 Å². The number of benzene rings is 2. The number of aromatic nitrogens is 5. The molecule has 0 radical (unpaired) electrons. The molecular formula is C36H34FN7O4. The number of hydrogen-bond acceptors (Lipinski definition) is 9. The second-order valence-electron chi connectivity index (χ2n) is 12.8. The summed E-state index contributed by atoms with van der Waals surface area (Å²) in [5.74, 6) is 0.630. The monoisotopic (exact) mass is 647 g/mol. The van der Waals surface area contributed by atoms with Gasteiger partial charge in [-0.25, -0.2) is 4.39 Å². The fraction of sp³-hybridized carbons (Fsp3) is 0.389. The van der Waals surface area contributed by atoms with Gasteiger partial charge in [-0.2, -0.15) is 10.4 Å². The summed E-state index contributed by atoms with van der Waals surface area (Å²) < 4.78 is 33.9. The third-order valence-corrected chi connectivity index (χ3v) is 9.94. The highest BCUT2D eigenvalue weighted by Gasteiger charge is 2.44. The lowest BCUT2D eigenvalue weighted by Crippen LogP contribution is -2.38. The molecule has 11 nitrogen and oxygen atoms in total. The molecule has 0 unspecified atom stereocenters. The summed E-state index contributed by atoms with van der Waals surface area (Å²) in [6, 6.07) is 11.9. The second-order valence-corrected chi connectivity index (χ2v) is 12.8. The van der Waals surface area contributed by atoms with Crippen LogP contribution in [0.3, 0.4) is 0 Å². The summed E-state index contributed by atoms with van der Waals surface area (Å²) >= 11 is 0. The number of nitriles is 1. The molecule has 2 fully saturated rings. The van der Waals surface area contributed by atoms with Crippen LogP contribution in [-0.4, -0.2) is 68.7 Å². The summed E-state index contributed by atoms with van der Waals surface area (Å²) in [7, 11) is 0. The molecule has 3 aliphatic rings. The van der Waals surface area contributed by atoms with Crippen LogP contribution in [-0.2, 0) is 15.9 Å². The quantitative estimate of drug-likeness (QED) is 0.210. The molecule has 2 aromatic carbocycles. The van der Waals surface area contributed by atoms with E-state index in [0.717, 1.165) is 65.9 Å². The number of ether oxygens (including phenoxy) is 2. The largest absolute Gasteiger partial charge is 0.421 e. The molecule has 0 saturated carbocycles. The summed E-state index contributed by atoms with van der Waals surface area (Å²) in [4.78, 5) is 21.3. The maximum Gasteiger partial charge on any atom is 0.257 e. The molecular weight excluding hydrogens is 613 g/mol. The molecule has 6 heterocycles. The highest BCUT2D eigenvalue weighted by molar-refractivity contribution is 6.08. The Labute approximate surface area is 276 Å². The van der Waals surface area contributed by atoms with Crippen molar-refractivity contribution in [2.75, 3.05) is 33.0 Å². The highest BCUT2D eigenvalue weighted by atomic mass is 19.1. The fourth-order valence-corrected chi connectivity index (χ4v) is 7.34. The van der Waals surface area contributed by atoms with Crippen LogP contribution in [0.25, 0.3) is 33.5 Å². The van der Waals surface area contributed by atoms with E-state index >= 15 is 0 Å². The van der Waals surface area contributed by atoms with Crippen LogP contribution in [0.5, 0.6) is 0 Å². The van der Waals surface area contributed by atoms with Crippen LogP contribution in [0.1, 0.15) is 77.0 Å². The summed E-state index contributed by atoms with van der Waals surface area (Å²) in [5, 5.41) is 23.3. The molecule has 0 N–H and O–H groups in total. The van der Waals surface area contributed by atoms with Crippen LogP contribution in [0.15, 0.2) is 47.0 Å². The molecule has 1 amide bonds. The lowest BCUT2D eigenvalue weighted by molar-refractivity contribution is 0.00352. The van der Waals surface area contributed by atoms with E-state index < -0.39 is 5.82 Å². The fourth-order valence-electron chi connectivity index (χ4n) is 7.34. The van der Waals surface area contributed by atoms with Crippen molar-refractivity contribution in [2.45, 2.75) is 51.6 Å². The number of pyridine rings is 1. The number of carbonyl (C=O) groups is 1. The van der Waals surface area contributed by atoms with Gasteiger partial charge in [0.25, 0.3) is 5.91 Å². The molecule has 0 aliphatic carbocycles. The number of fused-ring (bicyclic) bond motifs is 4. The Hall–Kier alpha value is -4.99. The van der Waals surface area contributed by atoms with Crippen LogP contribution in [0.2, 0.25) is 0 Å². The lowest BCUT2D eigenvalue weighted by atomic mass is 9.88. The summed E-state index contributed by atoms with van der Waals surface area (Å²) in [5.41, 5.74) is 5.85. The smallest absolute Gasteiger partial charge is 0.257 e. The Morgan fingerprint density at radius 2 is 1.92 bits per heavy atom. The van der Waals surface area contributed by atoms with Gasteiger partial charge in [-0.15, -0.1) is 10.2 Å². The van der Waals surface area contributed by atoms with Crippen molar-refractivity contribution in [3.63, 3.8) is 0 Å². The second kappa shape index (κ2) is 12.2. The number of nitrogens with zero attached hydrogens (tertiary/aromatic N) is 7. The van der Waals surface area contributed by atoms with E-state index in [1.54, 1.807) is 19.2 Å². The van der Waals surface area contributed by atoms with Gasteiger partial charge in [-0.3, -0.25) is 14.5 Å². The first-order valence-corrected chi connectivity index (χ1v) is 16.4. The van der Waals surface area contributed by atoms with Crippen molar-refractivity contribution < 1.29 is 23.1 Å². The van der Waals surface area contributed by atoms with Gasteiger partial charge in [0, 0.05) is 37.6 Å². The molecule has 0 bridgehead atoms. The summed E-state index contributed by atoms with van der Waals surface area (Å²) in [6.07, 6.45) is 5.39. The zero-order chi connectivity index (χ0) is 32.9.